The van der Waals surface area contributed by atoms with Crippen molar-refractivity contribution in [2.24, 2.45) is 5.73 Å². The lowest BCUT2D eigenvalue weighted by atomic mass is 9.94. The van der Waals surface area contributed by atoms with Crippen molar-refractivity contribution in [2.45, 2.75) is 25.3 Å². The number of methoxy groups -OCH3 is 1. The molecule has 0 spiro atoms. The summed E-state index contributed by atoms with van der Waals surface area (Å²) >= 11 is 0. The van der Waals surface area contributed by atoms with E-state index in [0.717, 1.165) is 0 Å². The van der Waals surface area contributed by atoms with Gasteiger partial charge in [-0.1, -0.05) is 12.1 Å². The number of nitrogens with two attached hydrogens (primary N) is 1. The van der Waals surface area contributed by atoms with Gasteiger partial charge in [0.2, 0.25) is 0 Å². The number of rotatable bonds is 4. The molecule has 0 aromatic heterocycles. The third-order valence-electron chi connectivity index (χ3n) is 2.32. The summed E-state index contributed by atoms with van der Waals surface area (Å²) in [5.41, 5.74) is 4.08. The zero-order valence-electron chi connectivity index (χ0n) is 9.14. The average molecular weight is 233 g/mol. The first-order valence-corrected chi connectivity index (χ1v) is 4.77. The van der Waals surface area contributed by atoms with Crippen molar-refractivity contribution in [3.63, 3.8) is 0 Å². The fourth-order valence-electron chi connectivity index (χ4n) is 1.41. The molecule has 1 rings (SSSR count). The Kier molecular flexibility index (Phi) is 3.80. The molecular formula is C11H14F3NO. The fraction of sp³-hybridized carbons (Fsp3) is 0.455. The molecule has 2 nitrogen and oxygen atoms in total. The van der Waals surface area contributed by atoms with Crippen molar-refractivity contribution in [1.82, 2.24) is 0 Å². The molecule has 1 aromatic carbocycles. The highest BCUT2D eigenvalue weighted by Crippen LogP contribution is 2.27. The van der Waals surface area contributed by atoms with Crippen molar-refractivity contribution in [3.8, 4) is 5.75 Å². The first-order valence-electron chi connectivity index (χ1n) is 4.77. The number of hydrogen-bond acceptors (Lipinski definition) is 2. The van der Waals surface area contributed by atoms with E-state index in [1.165, 1.54) is 32.2 Å². The normalized spacial score (nSPS) is 14.9. The summed E-state index contributed by atoms with van der Waals surface area (Å²) in [7, 11) is 1.29. The molecule has 0 bridgehead atoms. The van der Waals surface area contributed by atoms with Crippen LogP contribution < -0.4 is 10.5 Å². The summed E-state index contributed by atoms with van der Waals surface area (Å²) < 4.78 is 43.2. The minimum absolute atomic E-state index is 0.0279. The second kappa shape index (κ2) is 4.74. The number of hydrogen-bond donors (Lipinski definition) is 1. The molecule has 0 heterocycles. The van der Waals surface area contributed by atoms with E-state index < -0.39 is 17.8 Å². The highest BCUT2D eigenvalue weighted by molar-refractivity contribution is 5.36. The van der Waals surface area contributed by atoms with Gasteiger partial charge in [0.25, 0.3) is 6.43 Å². The van der Waals surface area contributed by atoms with E-state index in [0.29, 0.717) is 5.56 Å². The Hall–Kier alpha value is -1.23. The van der Waals surface area contributed by atoms with Gasteiger partial charge in [0.15, 0.2) is 11.6 Å². The van der Waals surface area contributed by atoms with E-state index >= 15 is 0 Å². The van der Waals surface area contributed by atoms with Gasteiger partial charge in [0.05, 0.1) is 12.6 Å². The molecule has 0 aliphatic heterocycles. The predicted octanol–water partition coefficient (Wildman–Crippen LogP) is 2.36. The predicted molar refractivity (Wildman–Crippen MR) is 55.3 cm³/mol. The summed E-state index contributed by atoms with van der Waals surface area (Å²) in [6.45, 7) is 1.22. The molecule has 1 atom stereocenters. The van der Waals surface area contributed by atoms with Crippen molar-refractivity contribution >= 4 is 0 Å². The molecule has 16 heavy (non-hydrogen) atoms. The van der Waals surface area contributed by atoms with Crippen LogP contribution in [-0.4, -0.2) is 19.1 Å². The number of alkyl halides is 2. The van der Waals surface area contributed by atoms with Crippen LogP contribution in [0.1, 0.15) is 12.5 Å². The Balaban J connectivity index is 3.02. The van der Waals surface area contributed by atoms with Crippen LogP contribution in [-0.2, 0) is 6.42 Å². The average Bonchev–Trinajstić information content (AvgIpc) is 2.17. The monoisotopic (exact) mass is 233 g/mol. The number of benzene rings is 1. The zero-order chi connectivity index (χ0) is 12.3. The first kappa shape index (κ1) is 12.8. The summed E-state index contributed by atoms with van der Waals surface area (Å²) in [6.07, 6.45) is -2.83. The van der Waals surface area contributed by atoms with Gasteiger partial charge >= 0.3 is 0 Å². The third kappa shape index (κ3) is 2.66. The number of halogens is 3. The fourth-order valence-corrected chi connectivity index (χ4v) is 1.41. The van der Waals surface area contributed by atoms with Crippen molar-refractivity contribution in [2.75, 3.05) is 7.11 Å². The minimum atomic E-state index is -2.68. The Morgan fingerprint density at radius 1 is 1.44 bits per heavy atom. The summed E-state index contributed by atoms with van der Waals surface area (Å²) in [5, 5.41) is 0. The third-order valence-corrected chi connectivity index (χ3v) is 2.32. The van der Waals surface area contributed by atoms with E-state index in [-0.39, 0.29) is 12.2 Å². The topological polar surface area (TPSA) is 35.2 Å². The number of para-hydroxylation sites is 1. The minimum Gasteiger partial charge on any atom is -0.493 e. The molecule has 90 valence electrons. The quantitative estimate of drug-likeness (QED) is 0.866. The largest absolute Gasteiger partial charge is 0.493 e. The van der Waals surface area contributed by atoms with Crippen LogP contribution in [0.4, 0.5) is 13.2 Å². The van der Waals surface area contributed by atoms with Crippen molar-refractivity contribution in [1.29, 1.82) is 0 Å². The SMILES string of the molecule is COc1c(F)cccc1CC(C)(N)C(F)F. The Labute approximate surface area is 92.2 Å². The Bertz CT molecular complexity index is 366. The van der Waals surface area contributed by atoms with Crippen LogP contribution in [0.25, 0.3) is 0 Å². The van der Waals surface area contributed by atoms with Gasteiger partial charge in [-0.2, -0.15) is 0 Å². The standard InChI is InChI=1S/C11H14F3NO/c1-11(15,10(13)14)6-7-4-3-5-8(12)9(7)16-2/h3-5,10H,6,15H2,1-2H3. The van der Waals surface area contributed by atoms with Crippen LogP contribution in [0, 0.1) is 5.82 Å². The molecule has 0 aliphatic carbocycles. The maximum absolute atomic E-state index is 13.3. The van der Waals surface area contributed by atoms with E-state index in [1.807, 2.05) is 0 Å². The van der Waals surface area contributed by atoms with E-state index in [2.05, 4.69) is 0 Å². The van der Waals surface area contributed by atoms with Gasteiger partial charge in [-0.25, -0.2) is 13.2 Å². The van der Waals surface area contributed by atoms with Gasteiger partial charge in [0.1, 0.15) is 0 Å². The molecule has 0 fully saturated rings. The van der Waals surface area contributed by atoms with Crippen LogP contribution >= 0.6 is 0 Å². The Morgan fingerprint density at radius 3 is 2.56 bits per heavy atom. The van der Waals surface area contributed by atoms with Crippen molar-refractivity contribution in [3.05, 3.63) is 29.6 Å². The van der Waals surface area contributed by atoms with Crippen LogP contribution in [0.3, 0.4) is 0 Å². The molecular weight excluding hydrogens is 219 g/mol. The van der Waals surface area contributed by atoms with Crippen LogP contribution in [0.15, 0.2) is 18.2 Å². The summed E-state index contributed by atoms with van der Waals surface area (Å²) in [6, 6.07) is 4.17. The van der Waals surface area contributed by atoms with Crippen molar-refractivity contribution < 1.29 is 17.9 Å². The molecule has 1 unspecified atom stereocenters. The van der Waals surface area contributed by atoms with Crippen LogP contribution in [0.2, 0.25) is 0 Å². The lowest BCUT2D eigenvalue weighted by Gasteiger charge is -2.24. The maximum Gasteiger partial charge on any atom is 0.256 e. The van der Waals surface area contributed by atoms with Gasteiger partial charge in [-0.3, -0.25) is 0 Å². The van der Waals surface area contributed by atoms with Gasteiger partial charge in [-0.05, 0) is 25.0 Å². The lowest BCUT2D eigenvalue weighted by Crippen LogP contribution is -2.45. The molecule has 2 N–H and O–H groups in total. The molecule has 1 aromatic rings. The smallest absolute Gasteiger partial charge is 0.256 e. The first-order chi connectivity index (χ1) is 7.38. The molecule has 0 saturated carbocycles. The zero-order valence-corrected chi connectivity index (χ0v) is 9.14. The van der Waals surface area contributed by atoms with Gasteiger partial charge in [0, 0.05) is 0 Å². The van der Waals surface area contributed by atoms with E-state index in [9.17, 15) is 13.2 Å². The van der Waals surface area contributed by atoms with Crippen LogP contribution in [0.5, 0.6) is 5.75 Å². The maximum atomic E-state index is 13.3. The summed E-state index contributed by atoms with van der Waals surface area (Å²) in [5.74, 6) is -0.607. The van der Waals surface area contributed by atoms with E-state index in [1.54, 1.807) is 0 Å². The van der Waals surface area contributed by atoms with E-state index in [4.69, 9.17) is 10.5 Å². The Morgan fingerprint density at radius 2 is 2.06 bits per heavy atom. The lowest BCUT2D eigenvalue weighted by molar-refractivity contribution is 0.0635. The summed E-state index contributed by atoms with van der Waals surface area (Å²) in [4.78, 5) is 0. The van der Waals surface area contributed by atoms with Gasteiger partial charge in [-0.15, -0.1) is 0 Å². The highest BCUT2D eigenvalue weighted by atomic mass is 19.3. The molecule has 0 radical (unpaired) electrons. The van der Waals surface area contributed by atoms with Gasteiger partial charge < -0.3 is 10.5 Å². The second-order valence-corrected chi connectivity index (χ2v) is 3.92. The number of ether oxygens (including phenoxy) is 1. The highest BCUT2D eigenvalue weighted by Gasteiger charge is 2.31. The molecule has 0 amide bonds. The molecule has 5 heteroatoms. The molecule has 0 saturated heterocycles. The molecule has 0 aliphatic rings. The second-order valence-electron chi connectivity index (χ2n) is 3.92.